The van der Waals surface area contributed by atoms with Gasteiger partial charge in [0, 0.05) is 34.1 Å². The van der Waals surface area contributed by atoms with Crippen LogP contribution >= 0.6 is 0 Å². The van der Waals surface area contributed by atoms with E-state index >= 15 is 0 Å². The van der Waals surface area contributed by atoms with Crippen molar-refractivity contribution in [3.63, 3.8) is 0 Å². The number of rotatable bonds is 2. The molecule has 0 bridgehead atoms. The van der Waals surface area contributed by atoms with Gasteiger partial charge in [-0.25, -0.2) is 9.48 Å². The average molecular weight is 315 g/mol. The van der Waals surface area contributed by atoms with E-state index in [0.717, 1.165) is 17.5 Å². The minimum absolute atomic E-state index is 0.0163. The Morgan fingerprint density at radius 1 is 1.13 bits per heavy atom. The molecule has 1 aliphatic rings. The third-order valence-electron chi connectivity index (χ3n) is 4.53. The van der Waals surface area contributed by atoms with Crippen LogP contribution in [0, 0.1) is 0 Å². The molecule has 0 saturated heterocycles. The predicted octanol–water partition coefficient (Wildman–Crippen LogP) is -0.0706. The van der Waals surface area contributed by atoms with Gasteiger partial charge in [-0.1, -0.05) is 24.3 Å². The molecule has 3 rings (SSSR count). The number of nitrogens with zero attached hydrogens (tertiary/aromatic N) is 5. The summed E-state index contributed by atoms with van der Waals surface area (Å²) in [5.74, 6) is 0.283. The lowest BCUT2D eigenvalue weighted by molar-refractivity contribution is 0.212. The number of hydrogen-bond donors (Lipinski definition) is 0. The third-order valence-corrected chi connectivity index (χ3v) is 4.53. The van der Waals surface area contributed by atoms with Crippen LogP contribution in [-0.2, 0) is 27.1 Å². The van der Waals surface area contributed by atoms with Crippen LogP contribution < -0.4 is 16.1 Å². The molecule has 1 aromatic carbocycles. The average Bonchev–Trinajstić information content (AvgIpc) is 2.55. The topological polar surface area (TPSA) is 63.4 Å². The molecule has 7 nitrogen and oxygen atoms in total. The molecule has 1 aromatic heterocycles. The normalized spacial score (nSPS) is 17.8. The molecule has 7 heteroatoms. The van der Waals surface area contributed by atoms with Gasteiger partial charge in [0.15, 0.2) is 0 Å². The summed E-state index contributed by atoms with van der Waals surface area (Å²) < 4.78 is 2.29. The van der Waals surface area contributed by atoms with E-state index in [0.29, 0.717) is 0 Å². The molecule has 0 fully saturated rings. The van der Waals surface area contributed by atoms with E-state index in [-0.39, 0.29) is 17.5 Å². The summed E-state index contributed by atoms with van der Waals surface area (Å²) in [6.45, 7) is 0.817. The lowest BCUT2D eigenvalue weighted by Gasteiger charge is -2.39. The van der Waals surface area contributed by atoms with Crippen LogP contribution in [0.3, 0.4) is 0 Å². The molecule has 0 N–H and O–H groups in total. The summed E-state index contributed by atoms with van der Waals surface area (Å²) in [5.41, 5.74) is 1.79. The van der Waals surface area contributed by atoms with Gasteiger partial charge in [0.25, 0.3) is 5.56 Å². The zero-order valence-corrected chi connectivity index (χ0v) is 13.9. The Labute approximate surface area is 134 Å². The summed E-state index contributed by atoms with van der Waals surface area (Å²) in [6, 6.07) is 8.33. The lowest BCUT2D eigenvalue weighted by Crippen LogP contribution is -2.52. The Bertz CT molecular complexity index is 854. The second-order valence-electron chi connectivity index (χ2n) is 6.07. The van der Waals surface area contributed by atoms with Crippen LogP contribution in [0.1, 0.15) is 11.1 Å². The molecule has 1 unspecified atom stereocenters. The zero-order valence-electron chi connectivity index (χ0n) is 13.9. The smallest absolute Gasteiger partial charge is 0.338 e. The molecule has 0 aliphatic carbocycles. The molecule has 23 heavy (non-hydrogen) atoms. The quantitative estimate of drug-likeness (QED) is 0.776. The highest BCUT2D eigenvalue weighted by atomic mass is 16.2. The monoisotopic (exact) mass is 315 g/mol. The Kier molecular flexibility index (Phi) is 3.81. The summed E-state index contributed by atoms with van der Waals surface area (Å²) in [4.78, 5) is 28.3. The van der Waals surface area contributed by atoms with Crippen molar-refractivity contribution in [3.8, 4) is 0 Å². The standard InChI is InChI=1S/C16H21N5O2/c1-18-10-12-8-6-5-7-11(12)9-13(18)19(2)14-15(22)20(3)16(23)21(4)17-14/h5-8,13H,9-10H2,1-4H3. The van der Waals surface area contributed by atoms with Gasteiger partial charge >= 0.3 is 5.69 Å². The lowest BCUT2D eigenvalue weighted by atomic mass is 9.97. The van der Waals surface area contributed by atoms with Crippen molar-refractivity contribution in [2.75, 3.05) is 19.0 Å². The fraction of sp³-hybridized carbons (Fsp3) is 0.438. The van der Waals surface area contributed by atoms with E-state index in [1.165, 1.54) is 22.9 Å². The maximum Gasteiger partial charge on any atom is 0.346 e. The molecule has 0 spiro atoms. The minimum atomic E-state index is -0.422. The Hall–Kier alpha value is -2.41. The second-order valence-corrected chi connectivity index (χ2v) is 6.07. The molecular formula is C16H21N5O2. The van der Waals surface area contributed by atoms with Crippen LogP contribution in [0.2, 0.25) is 0 Å². The summed E-state index contributed by atoms with van der Waals surface area (Å²) in [5, 5.41) is 4.17. The van der Waals surface area contributed by atoms with Gasteiger partial charge in [-0.2, -0.15) is 0 Å². The number of anilines is 1. The number of benzene rings is 1. The van der Waals surface area contributed by atoms with Gasteiger partial charge in [-0.15, -0.1) is 5.10 Å². The van der Waals surface area contributed by atoms with E-state index in [9.17, 15) is 9.59 Å². The predicted molar refractivity (Wildman–Crippen MR) is 88.5 cm³/mol. The third kappa shape index (κ3) is 2.57. The van der Waals surface area contributed by atoms with Gasteiger partial charge in [-0.05, 0) is 18.2 Å². The number of aryl methyl sites for hydroxylation is 1. The highest BCUT2D eigenvalue weighted by Gasteiger charge is 2.29. The molecule has 0 saturated carbocycles. The first-order valence-corrected chi connectivity index (χ1v) is 7.54. The van der Waals surface area contributed by atoms with Crippen molar-refractivity contribution >= 4 is 5.82 Å². The second kappa shape index (κ2) is 5.66. The number of likely N-dealkylation sites (N-methyl/N-ethyl adjacent to an activating group) is 2. The van der Waals surface area contributed by atoms with Crippen molar-refractivity contribution in [2.45, 2.75) is 19.1 Å². The van der Waals surface area contributed by atoms with Crippen molar-refractivity contribution in [2.24, 2.45) is 14.1 Å². The number of fused-ring (bicyclic) bond motifs is 1. The van der Waals surface area contributed by atoms with Crippen LogP contribution in [-0.4, -0.2) is 39.5 Å². The fourth-order valence-corrected chi connectivity index (χ4v) is 3.11. The Morgan fingerprint density at radius 3 is 2.48 bits per heavy atom. The molecule has 2 heterocycles. The molecular weight excluding hydrogens is 294 g/mol. The Morgan fingerprint density at radius 2 is 1.78 bits per heavy atom. The SMILES string of the molecule is CN1Cc2ccccc2CC1N(C)c1nn(C)c(=O)n(C)c1=O. The Balaban J connectivity index is 2.00. The largest absolute Gasteiger partial charge is 0.346 e. The van der Waals surface area contributed by atoms with Crippen LogP contribution in [0.25, 0.3) is 0 Å². The summed E-state index contributed by atoms with van der Waals surface area (Å²) in [7, 11) is 6.91. The van der Waals surface area contributed by atoms with E-state index < -0.39 is 5.69 Å². The van der Waals surface area contributed by atoms with Crippen molar-refractivity contribution < 1.29 is 0 Å². The maximum absolute atomic E-state index is 12.4. The van der Waals surface area contributed by atoms with Gasteiger partial charge in [0.2, 0.25) is 5.82 Å². The molecule has 0 amide bonds. The highest BCUT2D eigenvalue weighted by molar-refractivity contribution is 5.38. The highest BCUT2D eigenvalue weighted by Crippen LogP contribution is 2.24. The molecule has 0 radical (unpaired) electrons. The van der Waals surface area contributed by atoms with E-state index in [1.54, 1.807) is 7.05 Å². The van der Waals surface area contributed by atoms with Gasteiger partial charge < -0.3 is 4.90 Å². The molecule has 122 valence electrons. The number of aromatic nitrogens is 3. The van der Waals surface area contributed by atoms with Gasteiger partial charge in [0.05, 0.1) is 6.17 Å². The van der Waals surface area contributed by atoms with Crippen LogP contribution in [0.15, 0.2) is 33.9 Å². The first kappa shape index (κ1) is 15.5. The van der Waals surface area contributed by atoms with Gasteiger partial charge in [-0.3, -0.25) is 14.3 Å². The molecule has 1 atom stereocenters. The first-order chi connectivity index (χ1) is 10.9. The molecule has 2 aromatic rings. The van der Waals surface area contributed by atoms with Gasteiger partial charge in [0.1, 0.15) is 0 Å². The van der Waals surface area contributed by atoms with Crippen LogP contribution in [0.5, 0.6) is 0 Å². The van der Waals surface area contributed by atoms with E-state index in [2.05, 4.69) is 22.1 Å². The van der Waals surface area contributed by atoms with Crippen molar-refractivity contribution in [1.29, 1.82) is 0 Å². The minimum Gasteiger partial charge on any atom is -0.338 e. The first-order valence-electron chi connectivity index (χ1n) is 7.54. The van der Waals surface area contributed by atoms with Crippen molar-refractivity contribution in [3.05, 3.63) is 56.2 Å². The summed E-state index contributed by atoms with van der Waals surface area (Å²) in [6.07, 6.45) is 0.819. The summed E-state index contributed by atoms with van der Waals surface area (Å²) >= 11 is 0. The number of hydrogen-bond acceptors (Lipinski definition) is 5. The maximum atomic E-state index is 12.4. The van der Waals surface area contributed by atoms with E-state index in [4.69, 9.17) is 0 Å². The molecule has 1 aliphatic heterocycles. The van der Waals surface area contributed by atoms with Crippen LogP contribution in [0.4, 0.5) is 5.82 Å². The van der Waals surface area contributed by atoms with Crippen molar-refractivity contribution in [1.82, 2.24) is 19.2 Å². The fourth-order valence-electron chi connectivity index (χ4n) is 3.11. The van der Waals surface area contributed by atoms with E-state index in [1.807, 2.05) is 31.1 Å². The zero-order chi connectivity index (χ0) is 16.7.